The van der Waals surface area contributed by atoms with Crippen LogP contribution < -0.4 is 0 Å². The maximum Gasteiger partial charge on any atom is 0.303 e. The number of carboxylic acids is 1. The molecule has 0 fully saturated rings. The van der Waals surface area contributed by atoms with E-state index < -0.39 is 11.8 Å². The van der Waals surface area contributed by atoms with E-state index in [1.54, 1.807) is 6.07 Å². The molecule has 2 rings (SSSR count). The maximum atomic E-state index is 12.9. The summed E-state index contributed by atoms with van der Waals surface area (Å²) in [4.78, 5) is 14.5. The number of hydrogen-bond donors (Lipinski definition) is 1. The average Bonchev–Trinajstić information content (AvgIpc) is 2.78. The first kappa shape index (κ1) is 13.5. The van der Waals surface area contributed by atoms with Gasteiger partial charge in [0.1, 0.15) is 5.82 Å². The average molecular weight is 285 g/mol. The van der Waals surface area contributed by atoms with Crippen molar-refractivity contribution in [2.24, 2.45) is 0 Å². The quantitative estimate of drug-likeness (QED) is 0.913. The molecule has 0 atom stereocenters. The number of aliphatic carboxylic acids is 1. The molecule has 1 aromatic carbocycles. The van der Waals surface area contributed by atoms with E-state index in [0.29, 0.717) is 17.8 Å². The summed E-state index contributed by atoms with van der Waals surface area (Å²) in [5.74, 6) is -0.699. The molecule has 0 radical (unpaired) electrons. The first-order chi connectivity index (χ1) is 9.04. The van der Waals surface area contributed by atoms with Gasteiger partial charge in [0.15, 0.2) is 5.82 Å². The third-order valence-corrected chi connectivity index (χ3v) is 2.78. The molecule has 1 heterocycles. The monoisotopic (exact) mass is 284 g/mol. The van der Waals surface area contributed by atoms with Crippen molar-refractivity contribution in [2.75, 3.05) is 0 Å². The van der Waals surface area contributed by atoms with Crippen LogP contribution in [-0.4, -0.2) is 21.2 Å². The Morgan fingerprint density at radius 1 is 1.47 bits per heavy atom. The van der Waals surface area contributed by atoms with E-state index in [0.717, 1.165) is 0 Å². The van der Waals surface area contributed by atoms with E-state index in [1.165, 1.54) is 12.1 Å². The van der Waals surface area contributed by atoms with Crippen molar-refractivity contribution in [3.05, 3.63) is 46.3 Å². The first-order valence-electron chi connectivity index (χ1n) is 5.52. The SMILES string of the molecule is O=C(O)CCc1nc(Cc2ccc(F)cc2Cl)no1. The molecule has 0 spiro atoms. The lowest BCUT2D eigenvalue weighted by molar-refractivity contribution is -0.137. The molecule has 0 saturated heterocycles. The summed E-state index contributed by atoms with van der Waals surface area (Å²) in [6.07, 6.45) is 0.411. The molecule has 0 aliphatic carbocycles. The lowest BCUT2D eigenvalue weighted by Crippen LogP contribution is -1.98. The number of halogens is 2. The highest BCUT2D eigenvalue weighted by Gasteiger charge is 2.11. The normalized spacial score (nSPS) is 10.6. The van der Waals surface area contributed by atoms with Crippen molar-refractivity contribution in [2.45, 2.75) is 19.3 Å². The number of aromatic nitrogens is 2. The van der Waals surface area contributed by atoms with Gasteiger partial charge >= 0.3 is 5.97 Å². The lowest BCUT2D eigenvalue weighted by atomic mass is 10.1. The lowest BCUT2D eigenvalue weighted by Gasteiger charge is -2.00. The van der Waals surface area contributed by atoms with Gasteiger partial charge in [0.25, 0.3) is 0 Å². The van der Waals surface area contributed by atoms with Crippen LogP contribution in [0.2, 0.25) is 5.02 Å². The summed E-state index contributed by atoms with van der Waals surface area (Å²) < 4.78 is 17.8. The van der Waals surface area contributed by atoms with Crippen LogP contribution in [0.3, 0.4) is 0 Å². The molecule has 2 aromatic rings. The minimum atomic E-state index is -0.929. The van der Waals surface area contributed by atoms with Crippen LogP contribution in [0.15, 0.2) is 22.7 Å². The summed E-state index contributed by atoms with van der Waals surface area (Å²) in [5, 5.41) is 12.5. The highest BCUT2D eigenvalue weighted by atomic mass is 35.5. The van der Waals surface area contributed by atoms with Crippen LogP contribution in [0.5, 0.6) is 0 Å². The summed E-state index contributed by atoms with van der Waals surface area (Å²) in [7, 11) is 0. The summed E-state index contributed by atoms with van der Waals surface area (Å²) in [6, 6.07) is 4.06. The van der Waals surface area contributed by atoms with Crippen LogP contribution >= 0.6 is 11.6 Å². The van der Waals surface area contributed by atoms with E-state index in [2.05, 4.69) is 10.1 Å². The number of carboxylic acid groups (broad SMARTS) is 1. The standard InChI is InChI=1S/C12H10ClFN2O3/c13-9-6-8(14)2-1-7(9)5-10-15-11(19-16-10)3-4-12(17)18/h1-2,6H,3-5H2,(H,17,18). The molecule has 0 saturated carbocycles. The Morgan fingerprint density at radius 3 is 2.95 bits per heavy atom. The van der Waals surface area contributed by atoms with Gasteiger partial charge in [0.05, 0.1) is 6.42 Å². The summed E-state index contributed by atoms with van der Waals surface area (Å²) in [5.41, 5.74) is 0.675. The van der Waals surface area contributed by atoms with Crippen LogP contribution in [0.25, 0.3) is 0 Å². The van der Waals surface area contributed by atoms with Crippen molar-refractivity contribution >= 4 is 17.6 Å². The molecule has 0 aliphatic heterocycles. The van der Waals surface area contributed by atoms with Crippen molar-refractivity contribution in [3.8, 4) is 0 Å². The number of nitrogens with zero attached hydrogens (tertiary/aromatic N) is 2. The van der Waals surface area contributed by atoms with Crippen molar-refractivity contribution in [1.82, 2.24) is 10.1 Å². The zero-order valence-electron chi connectivity index (χ0n) is 9.77. The van der Waals surface area contributed by atoms with Gasteiger partial charge in [0, 0.05) is 17.9 Å². The highest BCUT2D eigenvalue weighted by Crippen LogP contribution is 2.19. The fourth-order valence-electron chi connectivity index (χ4n) is 1.51. The number of benzene rings is 1. The van der Waals surface area contributed by atoms with Gasteiger partial charge in [-0.2, -0.15) is 4.98 Å². The predicted octanol–water partition coefficient (Wildman–Crippen LogP) is 2.47. The number of carbonyl (C=O) groups is 1. The molecule has 1 N–H and O–H groups in total. The first-order valence-corrected chi connectivity index (χ1v) is 5.89. The van der Waals surface area contributed by atoms with E-state index in [1.807, 2.05) is 0 Å². The Kier molecular flexibility index (Phi) is 4.11. The second-order valence-corrected chi connectivity index (χ2v) is 4.32. The Labute approximate surface area is 113 Å². The Hall–Kier alpha value is -1.95. The third kappa shape index (κ3) is 3.75. The smallest absolute Gasteiger partial charge is 0.303 e. The van der Waals surface area contributed by atoms with Crippen LogP contribution in [0.4, 0.5) is 4.39 Å². The summed E-state index contributed by atoms with van der Waals surface area (Å²) in [6.45, 7) is 0. The fourth-order valence-corrected chi connectivity index (χ4v) is 1.75. The van der Waals surface area contributed by atoms with Gasteiger partial charge in [-0.1, -0.05) is 22.8 Å². The van der Waals surface area contributed by atoms with E-state index in [-0.39, 0.29) is 23.8 Å². The zero-order valence-corrected chi connectivity index (χ0v) is 10.5. The zero-order chi connectivity index (χ0) is 13.8. The number of aryl methyl sites for hydroxylation is 1. The van der Waals surface area contributed by atoms with E-state index >= 15 is 0 Å². The number of hydrogen-bond acceptors (Lipinski definition) is 4. The molecular formula is C12H10ClFN2O3. The molecular weight excluding hydrogens is 275 g/mol. The molecule has 19 heavy (non-hydrogen) atoms. The Bertz CT molecular complexity index is 600. The molecule has 0 bridgehead atoms. The molecule has 5 nitrogen and oxygen atoms in total. The van der Waals surface area contributed by atoms with Crippen molar-refractivity contribution in [3.63, 3.8) is 0 Å². The Balaban J connectivity index is 2.05. The molecule has 0 unspecified atom stereocenters. The second kappa shape index (κ2) is 5.79. The van der Waals surface area contributed by atoms with Crippen LogP contribution in [-0.2, 0) is 17.6 Å². The van der Waals surface area contributed by atoms with E-state index in [9.17, 15) is 9.18 Å². The van der Waals surface area contributed by atoms with Crippen molar-refractivity contribution < 1.29 is 18.8 Å². The van der Waals surface area contributed by atoms with Gasteiger partial charge in [-0.3, -0.25) is 4.79 Å². The van der Waals surface area contributed by atoms with Crippen LogP contribution in [0, 0.1) is 5.82 Å². The van der Waals surface area contributed by atoms with Gasteiger partial charge in [-0.25, -0.2) is 4.39 Å². The van der Waals surface area contributed by atoms with Crippen LogP contribution in [0.1, 0.15) is 23.7 Å². The Morgan fingerprint density at radius 2 is 2.26 bits per heavy atom. The number of rotatable bonds is 5. The molecule has 0 amide bonds. The van der Waals surface area contributed by atoms with Gasteiger partial charge in [-0.15, -0.1) is 0 Å². The van der Waals surface area contributed by atoms with Gasteiger partial charge < -0.3 is 9.63 Å². The largest absolute Gasteiger partial charge is 0.481 e. The predicted molar refractivity (Wildman–Crippen MR) is 64.5 cm³/mol. The van der Waals surface area contributed by atoms with E-state index in [4.69, 9.17) is 21.2 Å². The fraction of sp³-hybridized carbons (Fsp3) is 0.250. The highest BCUT2D eigenvalue weighted by molar-refractivity contribution is 6.31. The molecule has 1 aromatic heterocycles. The molecule has 0 aliphatic rings. The molecule has 7 heteroatoms. The van der Waals surface area contributed by atoms with Gasteiger partial charge in [0.2, 0.25) is 5.89 Å². The topological polar surface area (TPSA) is 76.2 Å². The minimum absolute atomic E-state index is 0.0705. The molecule has 100 valence electrons. The summed E-state index contributed by atoms with van der Waals surface area (Å²) >= 11 is 5.89. The van der Waals surface area contributed by atoms with Gasteiger partial charge in [-0.05, 0) is 17.7 Å². The van der Waals surface area contributed by atoms with Crippen molar-refractivity contribution in [1.29, 1.82) is 0 Å². The second-order valence-electron chi connectivity index (χ2n) is 3.91. The third-order valence-electron chi connectivity index (χ3n) is 2.43. The minimum Gasteiger partial charge on any atom is -0.481 e. The maximum absolute atomic E-state index is 12.9.